The van der Waals surface area contributed by atoms with Crippen molar-refractivity contribution in [2.45, 2.75) is 11.8 Å². The number of carbonyl (C=O) groups excluding carboxylic acids is 1. The minimum absolute atomic E-state index is 0.00983. The van der Waals surface area contributed by atoms with Crippen LogP contribution in [0.1, 0.15) is 5.89 Å². The number of nitrogens with zero attached hydrogens (tertiary/aromatic N) is 5. The molecule has 0 fully saturated rings. The molecule has 10 heteroatoms. The maximum Gasteiger partial charge on any atom is 0.277 e. The average molecular weight is 468 g/mol. The predicted octanol–water partition coefficient (Wildman–Crippen LogP) is 4.28. The van der Waals surface area contributed by atoms with Crippen molar-refractivity contribution in [2.24, 2.45) is 0 Å². The maximum absolute atomic E-state index is 12.8. The van der Waals surface area contributed by atoms with E-state index in [0.29, 0.717) is 16.6 Å². The van der Waals surface area contributed by atoms with Gasteiger partial charge in [-0.2, -0.15) is 5.26 Å². The Morgan fingerprint density at radius 3 is 2.41 bits per heavy atom. The molecule has 1 aliphatic heterocycles. The Hall–Kier alpha value is -3.48. The highest BCUT2D eigenvalue weighted by molar-refractivity contribution is 7.99. The van der Waals surface area contributed by atoms with Gasteiger partial charge in [-0.3, -0.25) is 4.79 Å². The number of thioether (sulfide) groups is 1. The summed E-state index contributed by atoms with van der Waals surface area (Å²) in [5.41, 5.74) is 1.94. The molecule has 0 bridgehead atoms. The number of rotatable bonds is 7. The molecule has 2 aromatic carbocycles. The number of carbonyl (C=O) groups is 1. The number of ether oxygens (including phenoxy) is 1. The van der Waals surface area contributed by atoms with E-state index >= 15 is 0 Å². The molecule has 1 aromatic heterocycles. The Kier molecular flexibility index (Phi) is 6.35. The topological polar surface area (TPSA) is 95.5 Å². The number of hydrogen-bond acceptors (Lipinski definition) is 9. The van der Waals surface area contributed by atoms with E-state index in [0.717, 1.165) is 23.1 Å². The summed E-state index contributed by atoms with van der Waals surface area (Å²) in [6.45, 7) is 0.0878. The summed E-state index contributed by atoms with van der Waals surface area (Å²) in [7, 11) is 3.67. The van der Waals surface area contributed by atoms with Gasteiger partial charge < -0.3 is 19.0 Å². The molecular weight excluding hydrogens is 450 g/mol. The molecule has 1 aliphatic rings. The average Bonchev–Trinajstić information content (AvgIpc) is 3.36. The predicted molar refractivity (Wildman–Crippen MR) is 122 cm³/mol. The minimum atomic E-state index is -0.323. The van der Waals surface area contributed by atoms with Gasteiger partial charge in [-0.05, 0) is 36.4 Å². The van der Waals surface area contributed by atoms with Gasteiger partial charge in [0.15, 0.2) is 12.4 Å². The number of nitriles is 1. The van der Waals surface area contributed by atoms with Crippen LogP contribution >= 0.6 is 23.4 Å². The first-order valence-corrected chi connectivity index (χ1v) is 10.9. The fourth-order valence-corrected chi connectivity index (χ4v) is 4.07. The van der Waals surface area contributed by atoms with Crippen LogP contribution in [0.25, 0.3) is 0 Å². The third kappa shape index (κ3) is 4.42. The standard InChI is InChI=1S/C22H18ClN5O3S/c1-27-17-5-3-4-6-18(17)28(2)21(27)16(11-24)19(29)13-32-22-26-25-20(31-22)12-30-15-9-7-14(23)8-10-15/h3-10H,12-13H2,1-2H3. The van der Waals surface area contributed by atoms with Gasteiger partial charge in [0.05, 0.1) is 17.1 Å². The van der Waals surface area contributed by atoms with E-state index in [2.05, 4.69) is 16.3 Å². The van der Waals surface area contributed by atoms with Gasteiger partial charge in [0.25, 0.3) is 11.1 Å². The van der Waals surface area contributed by atoms with Crippen LogP contribution in [0.15, 0.2) is 69.6 Å². The molecule has 0 aliphatic carbocycles. The highest BCUT2D eigenvalue weighted by Crippen LogP contribution is 2.40. The molecule has 0 N–H and O–H groups in total. The molecule has 8 nitrogen and oxygen atoms in total. The number of benzene rings is 2. The Bertz CT molecular complexity index is 1190. The molecular formula is C22H18ClN5O3S. The SMILES string of the molecule is CN1C(=C(C#N)C(=O)CSc2nnc(COc3ccc(Cl)cc3)o2)N(C)c2ccccc21. The van der Waals surface area contributed by atoms with Crippen LogP contribution < -0.4 is 14.5 Å². The summed E-state index contributed by atoms with van der Waals surface area (Å²) in [6.07, 6.45) is 0. The Labute approximate surface area is 194 Å². The summed E-state index contributed by atoms with van der Waals surface area (Å²) in [5.74, 6) is 1.11. The fourth-order valence-electron chi connectivity index (χ4n) is 3.29. The lowest BCUT2D eigenvalue weighted by Gasteiger charge is -2.19. The molecule has 0 unspecified atom stereocenters. The molecule has 0 spiro atoms. The van der Waals surface area contributed by atoms with Crippen LogP contribution in [-0.4, -0.2) is 35.8 Å². The van der Waals surface area contributed by atoms with Gasteiger partial charge in [0.1, 0.15) is 23.2 Å². The second-order valence-electron chi connectivity index (χ2n) is 6.83. The zero-order valence-electron chi connectivity index (χ0n) is 17.3. The molecule has 0 atom stereocenters. The summed E-state index contributed by atoms with van der Waals surface area (Å²) in [6, 6.07) is 16.7. The summed E-state index contributed by atoms with van der Waals surface area (Å²) >= 11 is 6.93. The Morgan fingerprint density at radius 1 is 1.12 bits per heavy atom. The lowest BCUT2D eigenvalue weighted by atomic mass is 10.2. The molecule has 0 saturated carbocycles. The number of para-hydroxylation sites is 2. The second kappa shape index (κ2) is 9.34. The van der Waals surface area contributed by atoms with E-state index in [1.807, 2.05) is 48.2 Å². The Morgan fingerprint density at radius 2 is 1.78 bits per heavy atom. The van der Waals surface area contributed by atoms with Crippen molar-refractivity contribution in [1.29, 1.82) is 5.26 Å². The molecule has 0 amide bonds. The maximum atomic E-state index is 12.8. The van der Waals surface area contributed by atoms with Crippen LogP contribution in [-0.2, 0) is 11.4 Å². The number of hydrogen-bond donors (Lipinski definition) is 0. The van der Waals surface area contributed by atoms with E-state index in [1.54, 1.807) is 24.3 Å². The zero-order chi connectivity index (χ0) is 22.7. The largest absolute Gasteiger partial charge is 0.484 e. The fraction of sp³-hybridized carbons (Fsp3) is 0.182. The van der Waals surface area contributed by atoms with Gasteiger partial charge in [-0.1, -0.05) is 35.5 Å². The normalized spacial score (nSPS) is 12.5. The van der Waals surface area contributed by atoms with Crippen LogP contribution in [0.3, 0.4) is 0 Å². The van der Waals surface area contributed by atoms with E-state index < -0.39 is 0 Å². The van der Waals surface area contributed by atoms with Crippen LogP contribution in [0.5, 0.6) is 5.75 Å². The first-order chi connectivity index (χ1) is 15.5. The third-order valence-corrected chi connectivity index (χ3v) is 5.88. The lowest BCUT2D eigenvalue weighted by molar-refractivity contribution is -0.112. The monoisotopic (exact) mass is 467 g/mol. The summed E-state index contributed by atoms with van der Waals surface area (Å²) in [5, 5.41) is 18.4. The quantitative estimate of drug-likeness (QED) is 0.286. The van der Waals surface area contributed by atoms with Gasteiger partial charge in [-0.25, -0.2) is 0 Å². The zero-order valence-corrected chi connectivity index (χ0v) is 18.9. The number of aromatic nitrogens is 2. The highest BCUT2D eigenvalue weighted by Gasteiger charge is 2.31. The molecule has 2 heterocycles. The highest BCUT2D eigenvalue weighted by atomic mass is 35.5. The van der Waals surface area contributed by atoms with Gasteiger partial charge in [0.2, 0.25) is 0 Å². The van der Waals surface area contributed by atoms with Crippen molar-refractivity contribution in [3.63, 3.8) is 0 Å². The number of Topliss-reactive ketones (excluding diaryl/α,β-unsaturated/α-hetero) is 1. The lowest BCUT2D eigenvalue weighted by Crippen LogP contribution is -2.26. The number of ketones is 1. The van der Waals surface area contributed by atoms with Crippen LogP contribution in [0.4, 0.5) is 11.4 Å². The third-order valence-electron chi connectivity index (χ3n) is 4.81. The summed E-state index contributed by atoms with van der Waals surface area (Å²) in [4.78, 5) is 16.5. The second-order valence-corrected chi connectivity index (χ2v) is 8.20. The van der Waals surface area contributed by atoms with Crippen molar-refractivity contribution < 1.29 is 13.9 Å². The number of fused-ring (bicyclic) bond motifs is 1. The number of anilines is 2. The number of allylic oxidation sites excluding steroid dienone is 1. The smallest absolute Gasteiger partial charge is 0.277 e. The molecule has 3 aromatic rings. The molecule has 0 saturated heterocycles. The minimum Gasteiger partial charge on any atom is -0.484 e. The van der Waals surface area contributed by atoms with Gasteiger partial charge >= 0.3 is 0 Å². The van der Waals surface area contributed by atoms with Gasteiger partial charge in [-0.15, -0.1) is 10.2 Å². The first-order valence-electron chi connectivity index (χ1n) is 9.55. The van der Waals surface area contributed by atoms with Gasteiger partial charge in [0, 0.05) is 19.1 Å². The number of halogens is 1. The van der Waals surface area contributed by atoms with E-state index in [9.17, 15) is 10.1 Å². The van der Waals surface area contributed by atoms with E-state index in [4.69, 9.17) is 20.8 Å². The van der Waals surface area contributed by atoms with Crippen LogP contribution in [0.2, 0.25) is 5.02 Å². The molecule has 32 heavy (non-hydrogen) atoms. The van der Waals surface area contributed by atoms with Crippen molar-refractivity contribution >= 4 is 40.5 Å². The van der Waals surface area contributed by atoms with E-state index in [-0.39, 0.29) is 34.8 Å². The Balaban J connectivity index is 1.40. The van der Waals surface area contributed by atoms with Crippen LogP contribution in [0, 0.1) is 11.3 Å². The molecule has 162 valence electrons. The van der Waals surface area contributed by atoms with Crippen molar-refractivity contribution in [3.8, 4) is 11.8 Å². The first kappa shape index (κ1) is 21.7. The summed E-state index contributed by atoms with van der Waals surface area (Å²) < 4.78 is 11.1. The van der Waals surface area contributed by atoms with E-state index in [1.165, 1.54) is 0 Å². The van der Waals surface area contributed by atoms with Crippen molar-refractivity contribution in [1.82, 2.24) is 10.2 Å². The molecule has 0 radical (unpaired) electrons. The van der Waals surface area contributed by atoms with Crippen molar-refractivity contribution in [2.75, 3.05) is 29.6 Å². The molecule has 4 rings (SSSR count). The van der Waals surface area contributed by atoms with Crippen molar-refractivity contribution in [3.05, 3.63) is 70.8 Å².